The summed E-state index contributed by atoms with van der Waals surface area (Å²) in [5.74, 6) is 1.23. The number of ether oxygens (including phenoxy) is 2. The molecule has 1 unspecified atom stereocenters. The molecular formula is C21H17ClN4O2. The number of hydrogen-bond donors (Lipinski definition) is 1. The van der Waals surface area contributed by atoms with Crippen molar-refractivity contribution in [2.75, 3.05) is 7.11 Å². The maximum atomic E-state index is 9.73. The van der Waals surface area contributed by atoms with Crippen molar-refractivity contribution in [2.45, 2.75) is 13.2 Å². The molecule has 1 aliphatic heterocycles. The average Bonchev–Trinajstić information content (AvgIpc) is 3.03. The normalized spacial score (nSPS) is 15.6. The van der Waals surface area contributed by atoms with E-state index in [2.05, 4.69) is 11.2 Å². The molecule has 2 aromatic carbocycles. The third-order valence-corrected chi connectivity index (χ3v) is 4.88. The number of hydrogen-bond acceptors (Lipinski definition) is 5. The second-order valence-corrected chi connectivity index (χ2v) is 6.76. The van der Waals surface area contributed by atoms with Gasteiger partial charge in [-0.3, -0.25) is 5.73 Å². The highest BCUT2D eigenvalue weighted by Crippen LogP contribution is 2.42. The molecule has 1 aliphatic rings. The number of aryl methyl sites for hydroxylation is 1. The van der Waals surface area contributed by atoms with Crippen LogP contribution in [0.2, 0.25) is 5.02 Å². The number of benzene rings is 2. The van der Waals surface area contributed by atoms with E-state index in [4.69, 9.17) is 26.8 Å². The summed E-state index contributed by atoms with van der Waals surface area (Å²) in [4.78, 5) is 0. The van der Waals surface area contributed by atoms with Gasteiger partial charge in [-0.15, -0.1) is 0 Å². The number of methoxy groups -OCH3 is 1. The molecule has 0 amide bonds. The number of nitrogens with two attached hydrogens (primary N) is 1. The van der Waals surface area contributed by atoms with Crippen LogP contribution < -0.4 is 15.2 Å². The maximum Gasteiger partial charge on any atom is 0.226 e. The second kappa shape index (κ2) is 7.04. The van der Waals surface area contributed by atoms with Gasteiger partial charge in [-0.05, 0) is 48.9 Å². The number of aromatic nitrogens is 2. The lowest BCUT2D eigenvalue weighted by atomic mass is 9.91. The van der Waals surface area contributed by atoms with Gasteiger partial charge in [-0.25, -0.2) is 4.68 Å². The molecule has 2 N–H and O–H groups in total. The Balaban J connectivity index is 1.94. The van der Waals surface area contributed by atoms with Crippen LogP contribution in [0.1, 0.15) is 16.8 Å². The number of rotatable bonds is 3. The van der Waals surface area contributed by atoms with Gasteiger partial charge in [0.05, 0.1) is 29.6 Å². The quantitative estimate of drug-likeness (QED) is 0.731. The SMILES string of the molecule is COc1ccc(C2=C(C#N)C(N)Oc3c2c(C)nn3-c2ccc(Cl)cc2)cc1. The topological polar surface area (TPSA) is 86.1 Å². The van der Waals surface area contributed by atoms with E-state index in [1.807, 2.05) is 43.3 Å². The number of halogens is 1. The highest BCUT2D eigenvalue weighted by molar-refractivity contribution is 6.30. The van der Waals surface area contributed by atoms with E-state index in [0.717, 1.165) is 33.8 Å². The Morgan fingerprint density at radius 3 is 2.46 bits per heavy atom. The van der Waals surface area contributed by atoms with Crippen LogP contribution in [0.15, 0.2) is 54.1 Å². The zero-order valence-corrected chi connectivity index (χ0v) is 16.1. The minimum Gasteiger partial charge on any atom is -0.497 e. The molecule has 0 saturated carbocycles. The van der Waals surface area contributed by atoms with Crippen molar-refractivity contribution in [1.29, 1.82) is 5.26 Å². The molecule has 7 heteroatoms. The highest BCUT2D eigenvalue weighted by atomic mass is 35.5. The molecule has 0 bridgehead atoms. The summed E-state index contributed by atoms with van der Waals surface area (Å²) >= 11 is 6.00. The Morgan fingerprint density at radius 1 is 1.18 bits per heavy atom. The van der Waals surface area contributed by atoms with Crippen molar-refractivity contribution in [3.05, 3.63) is 75.9 Å². The number of fused-ring (bicyclic) bond motifs is 1. The summed E-state index contributed by atoms with van der Waals surface area (Å²) in [6, 6.07) is 16.9. The Hall–Kier alpha value is -3.27. The molecule has 0 aliphatic carbocycles. The molecule has 0 radical (unpaired) electrons. The third-order valence-electron chi connectivity index (χ3n) is 4.63. The molecule has 0 fully saturated rings. The summed E-state index contributed by atoms with van der Waals surface area (Å²) in [7, 11) is 1.61. The van der Waals surface area contributed by atoms with Crippen molar-refractivity contribution in [3.8, 4) is 23.4 Å². The first-order chi connectivity index (χ1) is 13.5. The zero-order chi connectivity index (χ0) is 19.8. The van der Waals surface area contributed by atoms with E-state index >= 15 is 0 Å². The molecular weight excluding hydrogens is 376 g/mol. The molecule has 0 saturated heterocycles. The van der Waals surface area contributed by atoms with Gasteiger partial charge in [0.15, 0.2) is 6.23 Å². The summed E-state index contributed by atoms with van der Waals surface area (Å²) in [5.41, 5.74) is 10.4. The van der Waals surface area contributed by atoms with Gasteiger partial charge in [-0.2, -0.15) is 10.4 Å². The Kier molecular flexibility index (Phi) is 4.55. The smallest absolute Gasteiger partial charge is 0.226 e. The molecule has 28 heavy (non-hydrogen) atoms. The van der Waals surface area contributed by atoms with Crippen molar-refractivity contribution < 1.29 is 9.47 Å². The summed E-state index contributed by atoms with van der Waals surface area (Å²) in [6.45, 7) is 1.88. The van der Waals surface area contributed by atoms with E-state index in [-0.39, 0.29) is 0 Å². The molecule has 1 atom stereocenters. The van der Waals surface area contributed by atoms with E-state index in [9.17, 15) is 5.26 Å². The average molecular weight is 393 g/mol. The van der Waals surface area contributed by atoms with Crippen LogP contribution in [0.4, 0.5) is 0 Å². The lowest BCUT2D eigenvalue weighted by Gasteiger charge is -2.25. The minimum atomic E-state index is -0.892. The number of nitrogens with zero attached hydrogens (tertiary/aromatic N) is 3. The van der Waals surface area contributed by atoms with Crippen LogP contribution in [0, 0.1) is 18.3 Å². The summed E-state index contributed by atoms with van der Waals surface area (Å²) in [5, 5.41) is 15.0. The monoisotopic (exact) mass is 392 g/mol. The van der Waals surface area contributed by atoms with Gasteiger partial charge >= 0.3 is 0 Å². The largest absolute Gasteiger partial charge is 0.497 e. The van der Waals surface area contributed by atoms with Crippen LogP contribution in [-0.2, 0) is 0 Å². The van der Waals surface area contributed by atoms with Gasteiger partial charge in [0.1, 0.15) is 11.8 Å². The van der Waals surface area contributed by atoms with Crippen LogP contribution in [-0.4, -0.2) is 23.1 Å². The van der Waals surface area contributed by atoms with Gasteiger partial charge in [0.25, 0.3) is 0 Å². The van der Waals surface area contributed by atoms with E-state index in [0.29, 0.717) is 16.5 Å². The van der Waals surface area contributed by atoms with E-state index in [1.165, 1.54) is 0 Å². The third kappa shape index (κ3) is 2.91. The first-order valence-electron chi connectivity index (χ1n) is 8.60. The second-order valence-electron chi connectivity index (χ2n) is 6.32. The van der Waals surface area contributed by atoms with Crippen LogP contribution in [0.5, 0.6) is 11.6 Å². The van der Waals surface area contributed by atoms with E-state index < -0.39 is 6.23 Å². The maximum absolute atomic E-state index is 9.73. The molecule has 3 aromatic rings. The predicted octanol–water partition coefficient (Wildman–Crippen LogP) is 3.85. The fraction of sp³-hybridized carbons (Fsp3) is 0.143. The standard InChI is InChI=1S/C21H17ClN4O2/c1-12-18-19(13-3-9-16(27-2)10-4-13)17(11-23)20(24)28-21(18)26(25-12)15-7-5-14(22)6-8-15/h3-10,20H,24H2,1-2H3. The highest BCUT2D eigenvalue weighted by Gasteiger charge is 2.33. The van der Waals surface area contributed by atoms with E-state index in [1.54, 1.807) is 23.9 Å². The first-order valence-corrected chi connectivity index (χ1v) is 8.98. The van der Waals surface area contributed by atoms with Crippen LogP contribution in [0.3, 0.4) is 0 Å². The first kappa shape index (κ1) is 18.1. The fourth-order valence-electron chi connectivity index (χ4n) is 3.29. The van der Waals surface area contributed by atoms with Gasteiger partial charge in [0.2, 0.25) is 5.88 Å². The van der Waals surface area contributed by atoms with Crippen molar-refractivity contribution in [3.63, 3.8) is 0 Å². The lowest BCUT2D eigenvalue weighted by Crippen LogP contribution is -2.33. The molecule has 140 valence electrons. The van der Waals surface area contributed by atoms with Crippen molar-refractivity contribution in [1.82, 2.24) is 9.78 Å². The summed E-state index contributed by atoms with van der Waals surface area (Å²) < 4.78 is 12.8. The Bertz CT molecular complexity index is 1110. The molecule has 0 spiro atoms. The number of nitriles is 1. The van der Waals surface area contributed by atoms with Crippen LogP contribution >= 0.6 is 11.6 Å². The molecule has 6 nitrogen and oxygen atoms in total. The van der Waals surface area contributed by atoms with Crippen LogP contribution in [0.25, 0.3) is 11.3 Å². The van der Waals surface area contributed by atoms with Crippen molar-refractivity contribution >= 4 is 17.2 Å². The van der Waals surface area contributed by atoms with Gasteiger partial charge in [0, 0.05) is 10.6 Å². The fourth-order valence-corrected chi connectivity index (χ4v) is 3.42. The van der Waals surface area contributed by atoms with Gasteiger partial charge in [-0.1, -0.05) is 23.7 Å². The van der Waals surface area contributed by atoms with Crippen molar-refractivity contribution in [2.24, 2.45) is 5.73 Å². The Morgan fingerprint density at radius 2 is 1.86 bits per heavy atom. The zero-order valence-electron chi connectivity index (χ0n) is 15.3. The molecule has 1 aromatic heterocycles. The molecule has 2 heterocycles. The predicted molar refractivity (Wildman–Crippen MR) is 107 cm³/mol. The Labute approximate surface area is 167 Å². The lowest BCUT2D eigenvalue weighted by molar-refractivity contribution is 0.228. The molecule has 4 rings (SSSR count). The van der Waals surface area contributed by atoms with Gasteiger partial charge < -0.3 is 9.47 Å². The summed E-state index contributed by atoms with van der Waals surface area (Å²) in [6.07, 6.45) is -0.892. The minimum absolute atomic E-state index is 0.358.